The molecule has 0 saturated carbocycles. The van der Waals surface area contributed by atoms with E-state index >= 15 is 0 Å². The van der Waals surface area contributed by atoms with Crippen LogP contribution in [0.5, 0.6) is 11.5 Å². The molecule has 0 aliphatic carbocycles. The van der Waals surface area contributed by atoms with Crippen molar-refractivity contribution in [1.29, 1.82) is 0 Å². The summed E-state index contributed by atoms with van der Waals surface area (Å²) in [7, 11) is 16.5. The molecule has 0 aliphatic heterocycles. The second-order valence-electron chi connectivity index (χ2n) is 13.4. The summed E-state index contributed by atoms with van der Waals surface area (Å²) in [6.07, 6.45) is 0. The monoisotopic (exact) mass is 942 g/mol. The van der Waals surface area contributed by atoms with Crippen LogP contribution in [-0.4, -0.2) is 94.4 Å². The third-order valence-corrected chi connectivity index (χ3v) is 29.8. The van der Waals surface area contributed by atoms with Gasteiger partial charge in [-0.1, -0.05) is 0 Å². The molecule has 9 heteroatoms. The molecular weight excluding hydrogens is 888 g/mol. The van der Waals surface area contributed by atoms with Gasteiger partial charge in [0.1, 0.15) is 0 Å². The molecule has 0 radical (unpaired) electrons. The fraction of sp³-hybridized carbons (Fsp3) is 0.182. The first-order chi connectivity index (χ1) is 25.5. The van der Waals surface area contributed by atoms with Crippen LogP contribution in [-0.2, 0) is 1.47 Å². The van der Waals surface area contributed by atoms with Crippen LogP contribution in [0.2, 0.25) is 0 Å². The fourth-order valence-electron chi connectivity index (χ4n) is 5.70. The van der Waals surface area contributed by atoms with E-state index in [2.05, 4.69) is 173 Å². The van der Waals surface area contributed by atoms with Crippen molar-refractivity contribution < 1.29 is 7.67 Å². The number of anilines is 4. The second kappa shape index (κ2) is 16.8. The molecule has 0 aromatic heterocycles. The van der Waals surface area contributed by atoms with Gasteiger partial charge in [-0.15, -0.1) is 0 Å². The van der Waals surface area contributed by atoms with E-state index in [9.17, 15) is 0 Å². The quantitative estimate of drug-likeness (QED) is 0.126. The van der Waals surface area contributed by atoms with E-state index < -0.39 is 38.0 Å². The molecule has 6 aromatic carbocycles. The topological polar surface area (TPSA) is 40.7 Å². The zero-order valence-corrected chi connectivity index (χ0v) is 36.5. The van der Waals surface area contributed by atoms with Crippen LogP contribution in [0.4, 0.5) is 22.7 Å². The average Bonchev–Trinajstić information content (AvgIpc) is 3.18. The zero-order valence-electron chi connectivity index (χ0n) is 31.8. The summed E-state index contributed by atoms with van der Waals surface area (Å²) >= 11 is -9.13. The van der Waals surface area contributed by atoms with Crippen molar-refractivity contribution in [2.24, 2.45) is 0 Å². The summed E-state index contributed by atoms with van der Waals surface area (Å²) in [5.41, 5.74) is 4.39. The van der Waals surface area contributed by atoms with Gasteiger partial charge in [-0.3, -0.25) is 0 Å². The van der Waals surface area contributed by atoms with E-state index in [0.717, 1.165) is 48.7 Å². The first kappa shape index (κ1) is 38.4. The number of hydrogen-bond acceptors (Lipinski definition) is 7. The van der Waals surface area contributed by atoms with E-state index in [0.29, 0.717) is 0 Å². The van der Waals surface area contributed by atoms with E-state index in [1.807, 2.05) is 60.7 Å². The van der Waals surface area contributed by atoms with Crippen LogP contribution in [0.25, 0.3) is 0 Å². The zero-order chi connectivity index (χ0) is 37.6. The SMILES string of the molecule is CN(C)c1ccc([Te](Oc2ccccc2)(O[Te](Oc2ccccc2)(c2ccc(N(C)C)cc2)c2ccc(N(C)C)cc2)c2ccc(N(C)C)cc2)cc1. The standard InChI is InChI=1S/C44H50N4O3Te2/c1-45(2)35-19-27-41(28-20-35)52(49-39-15-11-9-12-16-39,42-29-21-36(22-30-42)46(3)4)51-53(50-40-17-13-10-14-18-40,43-31-23-37(24-32-43)47(5)6)44-33-25-38(26-34-44)48(7)8/h9-34H,1-8H3. The van der Waals surface area contributed by atoms with E-state index in [4.69, 9.17) is 7.67 Å². The van der Waals surface area contributed by atoms with Gasteiger partial charge >= 0.3 is 328 Å². The van der Waals surface area contributed by atoms with Crippen molar-refractivity contribution in [3.05, 3.63) is 158 Å². The maximum absolute atomic E-state index is 8.26. The first-order valence-corrected chi connectivity index (χ1v) is 25.9. The first-order valence-electron chi connectivity index (χ1n) is 17.5. The molecule has 7 nitrogen and oxygen atoms in total. The molecule has 0 amide bonds. The van der Waals surface area contributed by atoms with Gasteiger partial charge in [0.05, 0.1) is 0 Å². The Morgan fingerprint density at radius 2 is 0.528 bits per heavy atom. The Morgan fingerprint density at radius 3 is 0.736 bits per heavy atom. The predicted octanol–water partition coefficient (Wildman–Crippen LogP) is 5.94. The molecule has 0 bridgehead atoms. The Labute approximate surface area is 325 Å². The minimum absolute atomic E-state index is 0.754. The van der Waals surface area contributed by atoms with Gasteiger partial charge in [-0.2, -0.15) is 0 Å². The predicted molar refractivity (Wildman–Crippen MR) is 228 cm³/mol. The summed E-state index contributed by atoms with van der Waals surface area (Å²) in [5.74, 6) is 1.51. The van der Waals surface area contributed by atoms with Crippen molar-refractivity contribution in [3.8, 4) is 11.5 Å². The summed E-state index contributed by atoms with van der Waals surface area (Å²) in [6, 6.07) is 55.0. The van der Waals surface area contributed by atoms with E-state index in [-0.39, 0.29) is 0 Å². The molecule has 0 fully saturated rings. The van der Waals surface area contributed by atoms with Gasteiger partial charge in [0.2, 0.25) is 0 Å². The van der Waals surface area contributed by atoms with Gasteiger partial charge in [-0.25, -0.2) is 0 Å². The van der Waals surface area contributed by atoms with Crippen LogP contribution in [0.3, 0.4) is 0 Å². The van der Waals surface area contributed by atoms with Crippen molar-refractivity contribution in [2.75, 3.05) is 76.0 Å². The van der Waals surface area contributed by atoms with Crippen LogP contribution >= 0.6 is 0 Å². The van der Waals surface area contributed by atoms with Crippen LogP contribution < -0.4 is 40.2 Å². The van der Waals surface area contributed by atoms with Gasteiger partial charge < -0.3 is 0 Å². The van der Waals surface area contributed by atoms with E-state index in [1.54, 1.807) is 0 Å². The third kappa shape index (κ3) is 8.57. The Morgan fingerprint density at radius 1 is 0.302 bits per heavy atom. The molecule has 6 rings (SSSR count). The fourth-order valence-corrected chi connectivity index (χ4v) is 30.3. The molecule has 0 N–H and O–H groups in total. The molecule has 0 heterocycles. The molecule has 0 unspecified atom stereocenters. The summed E-state index contributed by atoms with van der Waals surface area (Å²) < 4.78 is 27.4. The van der Waals surface area contributed by atoms with Crippen LogP contribution in [0.15, 0.2) is 158 Å². The number of hydrogen-bond donors (Lipinski definition) is 0. The summed E-state index contributed by atoms with van der Waals surface area (Å²) in [5, 5.41) is 0. The van der Waals surface area contributed by atoms with Crippen molar-refractivity contribution >= 4 is 75.2 Å². The average molecular weight is 938 g/mol. The van der Waals surface area contributed by atoms with Crippen LogP contribution in [0.1, 0.15) is 0 Å². The van der Waals surface area contributed by atoms with Gasteiger partial charge in [-0.05, 0) is 0 Å². The molecule has 0 atom stereocenters. The number of nitrogens with zero attached hydrogens (tertiary/aromatic N) is 4. The van der Waals surface area contributed by atoms with Crippen molar-refractivity contribution in [2.45, 2.75) is 0 Å². The molecular formula is C44H50N4O3Te2. The second-order valence-corrected chi connectivity index (χ2v) is 28.5. The Hall–Kier alpha value is -4.34. The Balaban J connectivity index is 1.71. The molecule has 6 aromatic rings. The summed E-state index contributed by atoms with van der Waals surface area (Å²) in [4.78, 5) is 8.46. The summed E-state index contributed by atoms with van der Waals surface area (Å²) in [6.45, 7) is 0. The third-order valence-electron chi connectivity index (χ3n) is 8.76. The van der Waals surface area contributed by atoms with Crippen molar-refractivity contribution in [3.63, 3.8) is 0 Å². The normalized spacial score (nSPS) is 12.1. The molecule has 0 saturated heterocycles. The molecule has 53 heavy (non-hydrogen) atoms. The van der Waals surface area contributed by atoms with Crippen LogP contribution in [0, 0.1) is 0 Å². The number of para-hydroxylation sites is 2. The van der Waals surface area contributed by atoms with E-state index in [1.165, 1.54) is 0 Å². The minimum atomic E-state index is -4.57. The van der Waals surface area contributed by atoms with Crippen molar-refractivity contribution in [1.82, 2.24) is 0 Å². The van der Waals surface area contributed by atoms with Gasteiger partial charge in [0.15, 0.2) is 0 Å². The Bertz CT molecular complexity index is 1790. The molecule has 0 aliphatic rings. The van der Waals surface area contributed by atoms with Gasteiger partial charge in [0.25, 0.3) is 0 Å². The molecule has 276 valence electrons. The number of benzene rings is 6. The number of rotatable bonds is 14. The van der Waals surface area contributed by atoms with Gasteiger partial charge in [0, 0.05) is 0 Å². The Kier molecular flexibility index (Phi) is 12.1. The maximum atomic E-state index is 8.26. The molecule has 0 spiro atoms.